The van der Waals surface area contributed by atoms with Crippen LogP contribution in [0, 0.1) is 0 Å². The van der Waals surface area contributed by atoms with Crippen molar-refractivity contribution in [3.05, 3.63) is 58.2 Å². The standard InChI is InChI=1S/C14H15BrN4O/c1-19(9-11-4-2-3-5-12(11)15)14(20)10-6-7-17-13(8-10)18-16/h2-8H,9,16H2,1H3,(H,17,18). The number of anilines is 1. The number of aromatic nitrogens is 1. The number of hydrogen-bond acceptors (Lipinski definition) is 4. The molecule has 104 valence electrons. The van der Waals surface area contributed by atoms with Gasteiger partial charge in [0.15, 0.2) is 0 Å². The molecule has 1 amide bonds. The average Bonchev–Trinajstić information content (AvgIpc) is 2.48. The van der Waals surface area contributed by atoms with E-state index in [1.165, 1.54) is 0 Å². The van der Waals surface area contributed by atoms with Gasteiger partial charge in [0.25, 0.3) is 5.91 Å². The number of carbonyl (C=O) groups excluding carboxylic acids is 1. The van der Waals surface area contributed by atoms with Crippen LogP contribution in [-0.2, 0) is 6.54 Å². The molecular formula is C14H15BrN4O. The summed E-state index contributed by atoms with van der Waals surface area (Å²) in [4.78, 5) is 18.0. The average molecular weight is 335 g/mol. The highest BCUT2D eigenvalue weighted by molar-refractivity contribution is 9.10. The van der Waals surface area contributed by atoms with Gasteiger partial charge in [-0.05, 0) is 23.8 Å². The lowest BCUT2D eigenvalue weighted by molar-refractivity contribution is 0.0785. The van der Waals surface area contributed by atoms with Gasteiger partial charge >= 0.3 is 0 Å². The molecule has 0 fully saturated rings. The van der Waals surface area contributed by atoms with E-state index in [4.69, 9.17) is 5.84 Å². The first kappa shape index (κ1) is 14.5. The molecule has 0 saturated heterocycles. The molecule has 2 rings (SSSR count). The largest absolute Gasteiger partial charge is 0.337 e. The van der Waals surface area contributed by atoms with Crippen molar-refractivity contribution < 1.29 is 4.79 Å². The second kappa shape index (κ2) is 6.49. The number of halogens is 1. The van der Waals surface area contributed by atoms with Crippen LogP contribution in [0.5, 0.6) is 0 Å². The van der Waals surface area contributed by atoms with Gasteiger partial charge in [-0.3, -0.25) is 4.79 Å². The van der Waals surface area contributed by atoms with Crippen molar-refractivity contribution in [1.82, 2.24) is 9.88 Å². The van der Waals surface area contributed by atoms with Crippen LogP contribution in [0.15, 0.2) is 47.1 Å². The monoisotopic (exact) mass is 334 g/mol. The maximum atomic E-state index is 12.3. The molecule has 1 aromatic heterocycles. The lowest BCUT2D eigenvalue weighted by atomic mass is 10.2. The highest BCUT2D eigenvalue weighted by Crippen LogP contribution is 2.18. The van der Waals surface area contributed by atoms with E-state index in [0.717, 1.165) is 10.0 Å². The van der Waals surface area contributed by atoms with Crippen molar-refractivity contribution in [3.63, 3.8) is 0 Å². The van der Waals surface area contributed by atoms with Crippen molar-refractivity contribution in [2.75, 3.05) is 12.5 Å². The van der Waals surface area contributed by atoms with Gasteiger partial charge in [0.05, 0.1) is 0 Å². The number of hydrogen-bond donors (Lipinski definition) is 2. The van der Waals surface area contributed by atoms with Crippen molar-refractivity contribution >= 4 is 27.7 Å². The van der Waals surface area contributed by atoms with E-state index in [2.05, 4.69) is 26.3 Å². The molecule has 0 saturated carbocycles. The highest BCUT2D eigenvalue weighted by atomic mass is 79.9. The SMILES string of the molecule is CN(Cc1ccccc1Br)C(=O)c1ccnc(NN)c1. The fourth-order valence-corrected chi connectivity index (χ4v) is 2.23. The minimum Gasteiger partial charge on any atom is -0.337 e. The van der Waals surface area contributed by atoms with E-state index in [-0.39, 0.29) is 5.91 Å². The Morgan fingerprint density at radius 2 is 2.15 bits per heavy atom. The van der Waals surface area contributed by atoms with E-state index < -0.39 is 0 Å². The number of amides is 1. The summed E-state index contributed by atoms with van der Waals surface area (Å²) in [6.45, 7) is 0.522. The maximum Gasteiger partial charge on any atom is 0.254 e. The summed E-state index contributed by atoms with van der Waals surface area (Å²) in [5.74, 6) is 5.67. The van der Waals surface area contributed by atoms with Gasteiger partial charge in [-0.25, -0.2) is 10.8 Å². The molecule has 0 bridgehead atoms. The number of hydrazine groups is 1. The van der Waals surface area contributed by atoms with E-state index in [1.807, 2.05) is 24.3 Å². The summed E-state index contributed by atoms with van der Waals surface area (Å²) in [6, 6.07) is 11.1. The summed E-state index contributed by atoms with van der Waals surface area (Å²) in [5, 5.41) is 0. The Bertz CT molecular complexity index is 618. The third-order valence-corrected chi connectivity index (χ3v) is 3.64. The third kappa shape index (κ3) is 3.34. The smallest absolute Gasteiger partial charge is 0.254 e. The summed E-state index contributed by atoms with van der Waals surface area (Å²) in [7, 11) is 1.76. The molecule has 20 heavy (non-hydrogen) atoms. The molecule has 1 aromatic carbocycles. The van der Waals surface area contributed by atoms with Crippen LogP contribution < -0.4 is 11.3 Å². The normalized spacial score (nSPS) is 10.2. The zero-order valence-corrected chi connectivity index (χ0v) is 12.6. The third-order valence-electron chi connectivity index (χ3n) is 2.87. The van der Waals surface area contributed by atoms with Gasteiger partial charge in [-0.15, -0.1) is 0 Å². The molecule has 0 unspecified atom stereocenters. The molecule has 0 aliphatic carbocycles. The fourth-order valence-electron chi connectivity index (χ4n) is 1.82. The first-order valence-corrected chi connectivity index (χ1v) is 6.82. The fraction of sp³-hybridized carbons (Fsp3) is 0.143. The summed E-state index contributed by atoms with van der Waals surface area (Å²) < 4.78 is 0.985. The Morgan fingerprint density at radius 3 is 2.85 bits per heavy atom. The van der Waals surface area contributed by atoms with Crippen LogP contribution in [0.3, 0.4) is 0 Å². The topological polar surface area (TPSA) is 71.2 Å². The number of nitrogens with zero attached hydrogens (tertiary/aromatic N) is 2. The zero-order valence-electron chi connectivity index (χ0n) is 11.0. The molecule has 0 spiro atoms. The summed E-state index contributed by atoms with van der Waals surface area (Å²) >= 11 is 3.48. The van der Waals surface area contributed by atoms with Gasteiger partial charge in [-0.1, -0.05) is 34.1 Å². The Hall–Kier alpha value is -1.92. The molecule has 6 heteroatoms. The van der Waals surface area contributed by atoms with Gasteiger partial charge in [0, 0.05) is 29.8 Å². The van der Waals surface area contributed by atoms with E-state index in [0.29, 0.717) is 17.9 Å². The first-order valence-electron chi connectivity index (χ1n) is 6.03. The number of benzene rings is 1. The van der Waals surface area contributed by atoms with Crippen LogP contribution in [0.25, 0.3) is 0 Å². The second-order valence-electron chi connectivity index (χ2n) is 4.33. The van der Waals surface area contributed by atoms with Crippen LogP contribution in [-0.4, -0.2) is 22.8 Å². The van der Waals surface area contributed by atoms with Crippen molar-refractivity contribution in [2.45, 2.75) is 6.54 Å². The number of nitrogens with two attached hydrogens (primary N) is 1. The molecule has 0 radical (unpaired) electrons. The lowest BCUT2D eigenvalue weighted by Gasteiger charge is -2.18. The number of nitrogen functional groups attached to an aromatic ring is 1. The van der Waals surface area contributed by atoms with Crippen molar-refractivity contribution in [1.29, 1.82) is 0 Å². The Kier molecular flexibility index (Phi) is 4.70. The van der Waals surface area contributed by atoms with Crippen molar-refractivity contribution in [3.8, 4) is 0 Å². The minimum absolute atomic E-state index is 0.0837. The molecule has 5 nitrogen and oxygen atoms in total. The molecule has 2 aromatic rings. The summed E-state index contributed by atoms with van der Waals surface area (Å²) in [6.07, 6.45) is 1.55. The van der Waals surface area contributed by atoms with Gasteiger partial charge in [-0.2, -0.15) is 0 Å². The number of nitrogens with one attached hydrogen (secondary N) is 1. The van der Waals surface area contributed by atoms with E-state index in [9.17, 15) is 4.79 Å². The van der Waals surface area contributed by atoms with Crippen LogP contribution in [0.4, 0.5) is 5.82 Å². The van der Waals surface area contributed by atoms with Crippen LogP contribution >= 0.6 is 15.9 Å². The Balaban J connectivity index is 2.14. The Labute approximate surface area is 125 Å². The Morgan fingerprint density at radius 1 is 1.40 bits per heavy atom. The van der Waals surface area contributed by atoms with E-state index in [1.54, 1.807) is 30.3 Å². The van der Waals surface area contributed by atoms with Crippen LogP contribution in [0.2, 0.25) is 0 Å². The van der Waals surface area contributed by atoms with Gasteiger partial charge < -0.3 is 10.3 Å². The lowest BCUT2D eigenvalue weighted by Crippen LogP contribution is -2.26. The molecule has 0 aliphatic heterocycles. The number of pyridine rings is 1. The molecule has 0 atom stereocenters. The van der Waals surface area contributed by atoms with Crippen LogP contribution in [0.1, 0.15) is 15.9 Å². The summed E-state index contributed by atoms with van der Waals surface area (Å²) in [5.41, 5.74) is 4.03. The molecule has 0 aliphatic rings. The highest BCUT2D eigenvalue weighted by Gasteiger charge is 2.13. The van der Waals surface area contributed by atoms with E-state index >= 15 is 0 Å². The molecular weight excluding hydrogens is 320 g/mol. The van der Waals surface area contributed by atoms with Gasteiger partial charge in [0.2, 0.25) is 0 Å². The maximum absolute atomic E-state index is 12.3. The number of carbonyl (C=O) groups is 1. The van der Waals surface area contributed by atoms with Gasteiger partial charge in [0.1, 0.15) is 5.82 Å². The zero-order chi connectivity index (χ0) is 14.5. The number of rotatable bonds is 4. The predicted molar refractivity (Wildman–Crippen MR) is 82.0 cm³/mol. The molecule has 1 heterocycles. The first-order chi connectivity index (χ1) is 9.61. The second-order valence-corrected chi connectivity index (χ2v) is 5.18. The predicted octanol–water partition coefficient (Wildman–Crippen LogP) is 2.40. The molecule has 3 N–H and O–H groups in total. The minimum atomic E-state index is -0.0837. The quantitative estimate of drug-likeness (QED) is 0.665. The van der Waals surface area contributed by atoms with Crippen molar-refractivity contribution in [2.24, 2.45) is 5.84 Å².